The molecular weight excluding hydrogens is 312 g/mol. The maximum atomic E-state index is 5.44. The number of rotatable bonds is 4. The third kappa shape index (κ3) is 2.62. The lowest BCUT2D eigenvalue weighted by Gasteiger charge is -2.02. The highest BCUT2D eigenvalue weighted by molar-refractivity contribution is 8.01. The van der Waals surface area contributed by atoms with Gasteiger partial charge < -0.3 is 0 Å². The topological polar surface area (TPSA) is 89.6 Å². The molecule has 3 N–H and O–H groups in total. The minimum Gasteiger partial charge on any atom is -0.292 e. The number of hydrogen-bond acceptors (Lipinski definition) is 9. The summed E-state index contributed by atoms with van der Waals surface area (Å²) in [5.41, 5.74) is 2.52. The number of nitrogens with zero attached hydrogens (tertiary/aromatic N) is 4. The van der Waals surface area contributed by atoms with Crippen molar-refractivity contribution in [3.63, 3.8) is 0 Å². The van der Waals surface area contributed by atoms with Gasteiger partial charge in [-0.15, -0.1) is 11.3 Å². The van der Waals surface area contributed by atoms with Crippen molar-refractivity contribution in [3.05, 3.63) is 16.8 Å². The minimum atomic E-state index is 0.422. The van der Waals surface area contributed by atoms with E-state index in [2.05, 4.69) is 37.7 Å². The lowest BCUT2D eigenvalue weighted by molar-refractivity contribution is 1.06. The molecule has 104 valence electrons. The van der Waals surface area contributed by atoms with E-state index in [4.69, 9.17) is 5.84 Å². The van der Waals surface area contributed by atoms with Gasteiger partial charge in [0.25, 0.3) is 0 Å². The number of nitrogens with one attached hydrogen (secondary N) is 1. The van der Waals surface area contributed by atoms with E-state index in [0.29, 0.717) is 5.95 Å². The van der Waals surface area contributed by atoms with Crippen LogP contribution in [0.2, 0.25) is 0 Å². The molecule has 0 radical (unpaired) electrons. The average Bonchev–Trinajstić information content (AvgIpc) is 3.04. The van der Waals surface area contributed by atoms with Crippen molar-refractivity contribution < 1.29 is 0 Å². The van der Waals surface area contributed by atoms with Crippen LogP contribution >= 0.6 is 34.6 Å². The smallest absolute Gasteiger partial charge is 0.239 e. The maximum Gasteiger partial charge on any atom is 0.239 e. The third-order valence-corrected chi connectivity index (χ3v) is 5.60. The fraction of sp³-hybridized carbons (Fsp3) is 0.273. The maximum absolute atomic E-state index is 5.44. The normalized spacial score (nSPS) is 11.2. The number of nitrogen functional groups attached to an aromatic ring is 1. The molecular formula is C11H12N6S3. The van der Waals surface area contributed by atoms with E-state index in [1.165, 1.54) is 28.2 Å². The zero-order valence-electron chi connectivity index (χ0n) is 10.9. The molecule has 0 spiro atoms. The Morgan fingerprint density at radius 2 is 2.20 bits per heavy atom. The minimum absolute atomic E-state index is 0.422. The molecule has 0 aromatic carbocycles. The SMILES string of the molecule is CCc1cc2c(Sc3nc(C)ns3)nc(NN)nc2s1. The van der Waals surface area contributed by atoms with Crippen LogP contribution in [0, 0.1) is 6.92 Å². The van der Waals surface area contributed by atoms with Crippen molar-refractivity contribution in [2.24, 2.45) is 5.84 Å². The number of hydrogen-bond donors (Lipinski definition) is 2. The van der Waals surface area contributed by atoms with Crippen LogP contribution in [-0.2, 0) is 6.42 Å². The molecule has 0 unspecified atom stereocenters. The van der Waals surface area contributed by atoms with E-state index in [-0.39, 0.29) is 0 Å². The number of hydrazine groups is 1. The Morgan fingerprint density at radius 1 is 1.35 bits per heavy atom. The fourth-order valence-corrected chi connectivity index (χ4v) is 4.36. The molecule has 20 heavy (non-hydrogen) atoms. The monoisotopic (exact) mass is 324 g/mol. The van der Waals surface area contributed by atoms with Crippen molar-refractivity contribution in [1.82, 2.24) is 19.3 Å². The van der Waals surface area contributed by atoms with E-state index < -0.39 is 0 Å². The van der Waals surface area contributed by atoms with E-state index in [9.17, 15) is 0 Å². The van der Waals surface area contributed by atoms with Crippen molar-refractivity contribution in [3.8, 4) is 0 Å². The van der Waals surface area contributed by atoms with E-state index in [0.717, 1.165) is 31.8 Å². The number of nitrogens with two attached hydrogens (primary N) is 1. The van der Waals surface area contributed by atoms with E-state index in [1.807, 2.05) is 6.92 Å². The molecule has 6 nitrogen and oxygen atoms in total. The molecule has 0 bridgehead atoms. The first-order valence-corrected chi connectivity index (χ1v) is 8.35. The van der Waals surface area contributed by atoms with Gasteiger partial charge in [0.1, 0.15) is 15.7 Å². The Kier molecular flexibility index (Phi) is 3.83. The Hall–Kier alpha value is -1.29. The quantitative estimate of drug-likeness (QED) is 0.433. The van der Waals surface area contributed by atoms with Crippen LogP contribution in [0.5, 0.6) is 0 Å². The van der Waals surface area contributed by atoms with Gasteiger partial charge in [-0.3, -0.25) is 5.43 Å². The second-order valence-electron chi connectivity index (χ2n) is 3.99. The highest BCUT2D eigenvalue weighted by atomic mass is 32.2. The van der Waals surface area contributed by atoms with Gasteiger partial charge in [0.15, 0.2) is 4.34 Å². The van der Waals surface area contributed by atoms with Gasteiger partial charge in [0.2, 0.25) is 5.95 Å². The summed E-state index contributed by atoms with van der Waals surface area (Å²) in [7, 11) is 0. The zero-order valence-corrected chi connectivity index (χ0v) is 13.3. The van der Waals surface area contributed by atoms with Crippen LogP contribution in [-0.4, -0.2) is 19.3 Å². The van der Waals surface area contributed by atoms with Gasteiger partial charge in [0.05, 0.1) is 0 Å². The summed E-state index contributed by atoms with van der Waals surface area (Å²) in [6, 6.07) is 2.14. The molecule has 3 aromatic heterocycles. The standard InChI is InChI=1S/C11H12N6S3/c1-3-6-4-7-8(18-6)14-10(16-12)15-9(7)19-11-13-5(2)17-20-11/h4H,3,12H2,1-2H3,(H,14,15,16). The van der Waals surface area contributed by atoms with Crippen LogP contribution in [0.4, 0.5) is 5.95 Å². The van der Waals surface area contributed by atoms with E-state index >= 15 is 0 Å². The second kappa shape index (κ2) is 5.60. The van der Waals surface area contributed by atoms with Crippen LogP contribution in [0.15, 0.2) is 15.4 Å². The molecule has 0 saturated carbocycles. The molecule has 3 rings (SSSR count). The van der Waals surface area contributed by atoms with Crippen molar-refractivity contribution in [1.29, 1.82) is 0 Å². The summed E-state index contributed by atoms with van der Waals surface area (Å²) >= 11 is 4.53. The van der Waals surface area contributed by atoms with Gasteiger partial charge in [-0.1, -0.05) is 6.92 Å². The number of aryl methyl sites for hydroxylation is 2. The molecule has 0 saturated heterocycles. The average molecular weight is 324 g/mol. The first-order chi connectivity index (χ1) is 9.69. The summed E-state index contributed by atoms with van der Waals surface area (Å²) in [5, 5.41) is 1.90. The predicted molar refractivity (Wildman–Crippen MR) is 83.4 cm³/mol. The Labute approximate surface area is 128 Å². The van der Waals surface area contributed by atoms with Crippen LogP contribution in [0.25, 0.3) is 10.2 Å². The van der Waals surface area contributed by atoms with Gasteiger partial charge in [0, 0.05) is 10.3 Å². The zero-order chi connectivity index (χ0) is 14.1. The lowest BCUT2D eigenvalue weighted by Crippen LogP contribution is -2.10. The first-order valence-electron chi connectivity index (χ1n) is 5.95. The number of thiophene rings is 1. The predicted octanol–water partition coefficient (Wildman–Crippen LogP) is 2.85. The van der Waals surface area contributed by atoms with Crippen LogP contribution in [0.1, 0.15) is 17.6 Å². The van der Waals surface area contributed by atoms with Crippen molar-refractivity contribution in [2.75, 3.05) is 5.43 Å². The van der Waals surface area contributed by atoms with Gasteiger partial charge in [-0.25, -0.2) is 20.8 Å². The molecule has 3 heterocycles. The summed E-state index contributed by atoms with van der Waals surface area (Å²) in [5.74, 6) is 6.64. The molecule has 0 amide bonds. The molecule has 0 fully saturated rings. The molecule has 0 aliphatic carbocycles. The van der Waals surface area contributed by atoms with E-state index in [1.54, 1.807) is 11.3 Å². The second-order valence-corrected chi connectivity index (χ2v) is 7.09. The number of fused-ring (bicyclic) bond motifs is 1. The molecule has 9 heteroatoms. The molecule has 0 aliphatic rings. The van der Waals surface area contributed by atoms with Crippen LogP contribution in [0.3, 0.4) is 0 Å². The first kappa shape index (κ1) is 13.7. The molecule has 3 aromatic rings. The van der Waals surface area contributed by atoms with Gasteiger partial charge >= 0.3 is 0 Å². The summed E-state index contributed by atoms with van der Waals surface area (Å²) in [6.07, 6.45) is 0.981. The largest absolute Gasteiger partial charge is 0.292 e. The summed E-state index contributed by atoms with van der Waals surface area (Å²) in [4.78, 5) is 15.4. The highest BCUT2D eigenvalue weighted by Crippen LogP contribution is 2.36. The van der Waals surface area contributed by atoms with Crippen molar-refractivity contribution in [2.45, 2.75) is 29.6 Å². The van der Waals surface area contributed by atoms with Gasteiger partial charge in [-0.2, -0.15) is 4.37 Å². The number of aromatic nitrogens is 4. The Morgan fingerprint density at radius 3 is 2.85 bits per heavy atom. The lowest BCUT2D eigenvalue weighted by atomic mass is 10.3. The Balaban J connectivity index is 2.09. The molecule has 0 atom stereocenters. The van der Waals surface area contributed by atoms with Gasteiger partial charge in [-0.05, 0) is 42.7 Å². The summed E-state index contributed by atoms with van der Waals surface area (Å²) in [6.45, 7) is 4.00. The highest BCUT2D eigenvalue weighted by Gasteiger charge is 2.14. The fourth-order valence-electron chi connectivity index (χ4n) is 1.66. The third-order valence-electron chi connectivity index (χ3n) is 2.58. The number of anilines is 1. The Bertz CT molecular complexity index is 750. The summed E-state index contributed by atoms with van der Waals surface area (Å²) < 4.78 is 5.06. The molecule has 0 aliphatic heterocycles. The van der Waals surface area contributed by atoms with Crippen molar-refractivity contribution >= 4 is 50.8 Å². The van der Waals surface area contributed by atoms with Crippen LogP contribution < -0.4 is 11.3 Å².